The van der Waals surface area contributed by atoms with Crippen LogP contribution in [0.5, 0.6) is 0 Å². The molecular weight excluding hydrogens is 254 g/mol. The zero-order chi connectivity index (χ0) is 10.3. The molecule has 2 nitrogen and oxygen atoms in total. The van der Waals surface area contributed by atoms with E-state index >= 15 is 0 Å². The van der Waals surface area contributed by atoms with Gasteiger partial charge < -0.3 is 9.64 Å². The van der Waals surface area contributed by atoms with Crippen molar-refractivity contribution in [1.82, 2.24) is 4.90 Å². The molecule has 0 N–H and O–H groups in total. The van der Waals surface area contributed by atoms with Gasteiger partial charge in [-0.15, -0.1) is 0 Å². The summed E-state index contributed by atoms with van der Waals surface area (Å²) in [4.78, 5) is 2.70. The maximum atomic E-state index is 5.48. The van der Waals surface area contributed by atoms with Crippen LogP contribution in [-0.2, 0) is 4.74 Å². The molecule has 0 bridgehead atoms. The largest absolute Gasteiger partial charge is 0.381 e. The number of likely N-dealkylation sites (tertiary alicyclic amines) is 1. The summed E-state index contributed by atoms with van der Waals surface area (Å²) in [5.41, 5.74) is 0.509. The summed E-state index contributed by atoms with van der Waals surface area (Å²) in [7, 11) is 0. The Bertz CT molecular complexity index is 230. The molecule has 0 aromatic heterocycles. The van der Waals surface area contributed by atoms with Crippen LogP contribution in [0.1, 0.15) is 19.3 Å². The molecule has 2 atom stereocenters. The Morgan fingerprint density at radius 2 is 1.87 bits per heavy atom. The van der Waals surface area contributed by atoms with E-state index in [1.165, 1.54) is 38.9 Å². The van der Waals surface area contributed by atoms with Crippen LogP contribution in [0.15, 0.2) is 0 Å². The van der Waals surface area contributed by atoms with E-state index in [4.69, 9.17) is 4.74 Å². The molecule has 15 heavy (non-hydrogen) atoms. The van der Waals surface area contributed by atoms with Gasteiger partial charge in [0.1, 0.15) is 0 Å². The number of ether oxygens (including phenoxy) is 1. The third kappa shape index (κ3) is 2.11. The third-order valence-corrected chi connectivity index (χ3v) is 5.64. The highest BCUT2D eigenvalue weighted by Gasteiger charge is 2.46. The molecule has 1 aliphatic carbocycles. The molecule has 2 saturated heterocycles. The first kappa shape index (κ1) is 10.5. The van der Waals surface area contributed by atoms with Crippen molar-refractivity contribution in [2.24, 2.45) is 17.3 Å². The van der Waals surface area contributed by atoms with Crippen molar-refractivity contribution in [3.05, 3.63) is 0 Å². The molecule has 0 spiro atoms. The van der Waals surface area contributed by atoms with Crippen molar-refractivity contribution >= 4 is 15.9 Å². The Balaban J connectivity index is 1.58. The maximum absolute atomic E-state index is 5.48. The smallest absolute Gasteiger partial charge is 0.0472 e. The number of nitrogens with zero attached hydrogens (tertiary/aromatic N) is 1. The highest BCUT2D eigenvalue weighted by Crippen LogP contribution is 2.46. The van der Waals surface area contributed by atoms with Crippen LogP contribution in [0.4, 0.5) is 0 Å². The molecule has 2 unspecified atom stereocenters. The fourth-order valence-corrected chi connectivity index (χ4v) is 3.98. The van der Waals surface area contributed by atoms with Crippen LogP contribution in [0.3, 0.4) is 0 Å². The Morgan fingerprint density at radius 3 is 2.47 bits per heavy atom. The minimum absolute atomic E-state index is 0.509. The van der Waals surface area contributed by atoms with E-state index in [0.29, 0.717) is 5.41 Å². The SMILES string of the molecule is BrCC1(CN2CC3CC3C2)CCOCC1. The monoisotopic (exact) mass is 273 g/mol. The van der Waals surface area contributed by atoms with Crippen molar-refractivity contribution in [1.29, 1.82) is 0 Å². The lowest BCUT2D eigenvalue weighted by Crippen LogP contribution is -2.42. The summed E-state index contributed by atoms with van der Waals surface area (Å²) in [6.07, 6.45) is 4.00. The summed E-state index contributed by atoms with van der Waals surface area (Å²) in [6, 6.07) is 0. The zero-order valence-corrected chi connectivity index (χ0v) is 10.8. The number of rotatable bonds is 3. The van der Waals surface area contributed by atoms with Gasteiger partial charge in [-0.25, -0.2) is 0 Å². The average molecular weight is 274 g/mol. The van der Waals surface area contributed by atoms with E-state index in [9.17, 15) is 0 Å². The van der Waals surface area contributed by atoms with Crippen molar-refractivity contribution in [2.75, 3.05) is 38.2 Å². The lowest BCUT2D eigenvalue weighted by Gasteiger charge is -2.39. The molecule has 0 amide bonds. The van der Waals surface area contributed by atoms with Crippen molar-refractivity contribution in [2.45, 2.75) is 19.3 Å². The van der Waals surface area contributed by atoms with E-state index in [2.05, 4.69) is 20.8 Å². The lowest BCUT2D eigenvalue weighted by atomic mass is 9.82. The van der Waals surface area contributed by atoms with Gasteiger partial charge in [-0.05, 0) is 36.5 Å². The van der Waals surface area contributed by atoms with E-state index in [1.807, 2.05) is 0 Å². The molecule has 0 aromatic carbocycles. The van der Waals surface area contributed by atoms with Crippen molar-refractivity contribution in [3.8, 4) is 0 Å². The molecule has 0 radical (unpaired) electrons. The van der Waals surface area contributed by atoms with Gasteiger partial charge in [-0.3, -0.25) is 0 Å². The molecule has 2 heterocycles. The van der Waals surface area contributed by atoms with Crippen molar-refractivity contribution in [3.63, 3.8) is 0 Å². The van der Waals surface area contributed by atoms with E-state index < -0.39 is 0 Å². The van der Waals surface area contributed by atoms with Gasteiger partial charge in [-0.1, -0.05) is 15.9 Å². The van der Waals surface area contributed by atoms with Gasteiger partial charge in [0.15, 0.2) is 0 Å². The summed E-state index contributed by atoms with van der Waals surface area (Å²) < 4.78 is 5.48. The molecule has 1 saturated carbocycles. The Labute approximate surface area is 100 Å². The first-order valence-electron chi connectivity index (χ1n) is 6.17. The van der Waals surface area contributed by atoms with Crippen LogP contribution in [-0.4, -0.2) is 43.1 Å². The fraction of sp³-hybridized carbons (Fsp3) is 1.00. The van der Waals surface area contributed by atoms with Crippen LogP contribution in [0, 0.1) is 17.3 Å². The number of alkyl halides is 1. The molecule has 3 rings (SSSR count). The first-order valence-corrected chi connectivity index (χ1v) is 7.30. The summed E-state index contributed by atoms with van der Waals surface area (Å²) in [5.74, 6) is 2.13. The molecule has 0 aromatic rings. The molecule has 3 fully saturated rings. The second-order valence-electron chi connectivity index (χ2n) is 5.70. The van der Waals surface area contributed by atoms with Gasteiger partial charge >= 0.3 is 0 Å². The van der Waals surface area contributed by atoms with Crippen molar-refractivity contribution < 1.29 is 4.74 Å². The first-order chi connectivity index (χ1) is 7.31. The van der Waals surface area contributed by atoms with Crippen LogP contribution < -0.4 is 0 Å². The molecule has 3 aliphatic rings. The number of hydrogen-bond donors (Lipinski definition) is 0. The predicted octanol–water partition coefficient (Wildman–Crippen LogP) is 2.13. The van der Waals surface area contributed by atoms with Gasteiger partial charge in [0.25, 0.3) is 0 Å². The second-order valence-corrected chi connectivity index (χ2v) is 6.26. The lowest BCUT2D eigenvalue weighted by molar-refractivity contribution is 0.0101. The number of fused-ring (bicyclic) bond motifs is 1. The topological polar surface area (TPSA) is 12.5 Å². The average Bonchev–Trinajstić information content (AvgIpc) is 2.88. The van der Waals surface area contributed by atoms with Crippen LogP contribution in [0.2, 0.25) is 0 Å². The number of halogens is 1. The van der Waals surface area contributed by atoms with Gasteiger partial charge in [0.05, 0.1) is 0 Å². The number of hydrogen-bond acceptors (Lipinski definition) is 2. The molecule has 2 aliphatic heterocycles. The normalized spacial score (nSPS) is 39.0. The van der Waals surface area contributed by atoms with Gasteiger partial charge in [0, 0.05) is 38.2 Å². The fourth-order valence-electron chi connectivity index (χ4n) is 3.24. The number of piperidine rings is 1. The molecule has 86 valence electrons. The summed E-state index contributed by atoms with van der Waals surface area (Å²) >= 11 is 3.72. The summed E-state index contributed by atoms with van der Waals surface area (Å²) in [6.45, 7) is 5.98. The Morgan fingerprint density at radius 1 is 1.20 bits per heavy atom. The summed E-state index contributed by atoms with van der Waals surface area (Å²) in [5, 5.41) is 1.15. The Kier molecular flexibility index (Phi) is 2.82. The molecular formula is C12H20BrNO. The standard InChI is InChI=1S/C12H20BrNO/c13-8-12(1-3-15-4-2-12)9-14-6-10-5-11(10)7-14/h10-11H,1-9H2. The minimum Gasteiger partial charge on any atom is -0.381 e. The van der Waals surface area contributed by atoms with Gasteiger partial charge in [-0.2, -0.15) is 0 Å². The second kappa shape index (κ2) is 4.01. The highest BCUT2D eigenvalue weighted by atomic mass is 79.9. The highest BCUT2D eigenvalue weighted by molar-refractivity contribution is 9.09. The minimum atomic E-state index is 0.509. The molecule has 3 heteroatoms. The maximum Gasteiger partial charge on any atom is 0.0472 e. The van der Waals surface area contributed by atoms with E-state index in [1.54, 1.807) is 0 Å². The van der Waals surface area contributed by atoms with Crippen LogP contribution >= 0.6 is 15.9 Å². The predicted molar refractivity (Wildman–Crippen MR) is 64.3 cm³/mol. The Hall–Kier alpha value is 0.400. The zero-order valence-electron chi connectivity index (χ0n) is 9.25. The third-order valence-electron chi connectivity index (χ3n) is 4.45. The van der Waals surface area contributed by atoms with E-state index in [-0.39, 0.29) is 0 Å². The van der Waals surface area contributed by atoms with Gasteiger partial charge in [0.2, 0.25) is 0 Å². The quantitative estimate of drug-likeness (QED) is 0.731. The van der Waals surface area contributed by atoms with Crippen LogP contribution in [0.25, 0.3) is 0 Å². The van der Waals surface area contributed by atoms with E-state index in [0.717, 1.165) is 30.4 Å².